The molecule has 8 heavy (non-hydrogen) atoms. The molecule has 3 rings (SSSR count). The molecule has 1 N–H and O–H groups in total. The molecule has 0 aromatic heterocycles. The zero-order valence-electron chi connectivity index (χ0n) is 5.52. The fraction of sp³-hybridized carbons (Fsp3) is 1.00. The average Bonchev–Trinajstić information content (AvgIpc) is 1.62. The summed E-state index contributed by atoms with van der Waals surface area (Å²) in [4.78, 5) is 0. The van der Waals surface area contributed by atoms with Crippen LogP contribution in [0.15, 0.2) is 0 Å². The van der Waals surface area contributed by atoms with Gasteiger partial charge in [-0.1, -0.05) is 6.92 Å². The van der Waals surface area contributed by atoms with Crippen molar-refractivity contribution < 1.29 is 0 Å². The van der Waals surface area contributed by atoms with Crippen molar-refractivity contribution in [2.45, 2.75) is 19.4 Å². The number of hydrogen-bond acceptors (Lipinski definition) is 1. The third kappa shape index (κ3) is 0.304. The Bertz CT molecular complexity index is 97.0. The summed E-state index contributed by atoms with van der Waals surface area (Å²) in [5, 5.41) is 3.33. The summed E-state index contributed by atoms with van der Waals surface area (Å²) in [6.45, 7) is 2.37. The van der Waals surface area contributed by atoms with Crippen molar-refractivity contribution in [1.82, 2.24) is 5.32 Å². The summed E-state index contributed by atoms with van der Waals surface area (Å²) in [7, 11) is 2.08. The highest BCUT2D eigenvalue weighted by Gasteiger charge is 2.57. The molecule has 46 valence electrons. The second-order valence-electron chi connectivity index (χ2n) is 3.24. The molecule has 3 aliphatic rings. The Kier molecular flexibility index (Phi) is 0.762. The molecule has 3 aliphatic carbocycles. The molecule has 0 aromatic carbocycles. The summed E-state index contributed by atoms with van der Waals surface area (Å²) in [5.41, 5.74) is 0. The summed E-state index contributed by atoms with van der Waals surface area (Å²) in [6.07, 6.45) is 1.51. The van der Waals surface area contributed by atoms with E-state index in [-0.39, 0.29) is 0 Å². The molecule has 0 heterocycles. The van der Waals surface area contributed by atoms with Gasteiger partial charge in [0.05, 0.1) is 0 Å². The van der Waals surface area contributed by atoms with Gasteiger partial charge in [-0.3, -0.25) is 0 Å². The van der Waals surface area contributed by atoms with Crippen LogP contribution in [0.2, 0.25) is 0 Å². The van der Waals surface area contributed by atoms with Gasteiger partial charge >= 0.3 is 0 Å². The molecular weight excluding hydrogens is 98.1 g/mol. The van der Waals surface area contributed by atoms with Crippen molar-refractivity contribution in [2.24, 2.45) is 17.8 Å². The molecule has 2 unspecified atom stereocenters. The molecular formula is C7H13N. The van der Waals surface area contributed by atoms with Crippen LogP contribution in [0.25, 0.3) is 0 Å². The van der Waals surface area contributed by atoms with Crippen molar-refractivity contribution in [3.8, 4) is 0 Å². The summed E-state index contributed by atoms with van der Waals surface area (Å²) in [5.74, 6) is 3.14. The Hall–Kier alpha value is -0.0400. The smallest absolute Gasteiger partial charge is 0.0126 e. The van der Waals surface area contributed by atoms with E-state index in [0.29, 0.717) is 0 Å². The minimum Gasteiger partial charge on any atom is -0.316 e. The lowest BCUT2D eigenvalue weighted by Crippen LogP contribution is -2.67. The van der Waals surface area contributed by atoms with Gasteiger partial charge in [0.2, 0.25) is 0 Å². The largest absolute Gasteiger partial charge is 0.316 e. The molecule has 3 saturated carbocycles. The van der Waals surface area contributed by atoms with E-state index in [1.54, 1.807) is 0 Å². The molecule has 2 atom stereocenters. The van der Waals surface area contributed by atoms with E-state index in [1.165, 1.54) is 6.42 Å². The fourth-order valence-corrected chi connectivity index (χ4v) is 2.22. The van der Waals surface area contributed by atoms with Crippen LogP contribution in [0.3, 0.4) is 0 Å². The van der Waals surface area contributed by atoms with Gasteiger partial charge in [-0.2, -0.15) is 0 Å². The van der Waals surface area contributed by atoms with Crippen LogP contribution in [-0.2, 0) is 0 Å². The van der Waals surface area contributed by atoms with Crippen molar-refractivity contribution >= 4 is 0 Å². The topological polar surface area (TPSA) is 12.0 Å². The van der Waals surface area contributed by atoms with E-state index < -0.39 is 0 Å². The first-order valence-corrected chi connectivity index (χ1v) is 3.52. The molecule has 0 amide bonds. The average molecular weight is 111 g/mol. The molecule has 0 aliphatic heterocycles. The third-order valence-corrected chi connectivity index (χ3v) is 3.15. The Labute approximate surface area is 50.5 Å². The van der Waals surface area contributed by atoms with Gasteiger partial charge in [0.15, 0.2) is 0 Å². The SMILES string of the molecule is CNC1C2CC1C2C. The van der Waals surface area contributed by atoms with E-state index in [0.717, 1.165) is 23.8 Å². The third-order valence-electron chi connectivity index (χ3n) is 3.15. The minimum atomic E-state index is 0.907. The van der Waals surface area contributed by atoms with E-state index in [2.05, 4.69) is 19.3 Å². The Balaban J connectivity index is 1.95. The van der Waals surface area contributed by atoms with Crippen LogP contribution in [0.1, 0.15) is 13.3 Å². The summed E-state index contributed by atoms with van der Waals surface area (Å²) < 4.78 is 0. The number of nitrogens with one attached hydrogen (secondary N) is 1. The maximum Gasteiger partial charge on any atom is 0.0126 e. The van der Waals surface area contributed by atoms with Crippen LogP contribution in [0.4, 0.5) is 0 Å². The predicted octanol–water partition coefficient (Wildman–Crippen LogP) is 0.860. The van der Waals surface area contributed by atoms with Crippen LogP contribution in [-0.4, -0.2) is 13.1 Å². The molecule has 2 bridgehead atoms. The van der Waals surface area contributed by atoms with Gasteiger partial charge < -0.3 is 5.32 Å². The normalized spacial score (nSPS) is 59.2. The summed E-state index contributed by atoms with van der Waals surface area (Å²) >= 11 is 0. The van der Waals surface area contributed by atoms with E-state index >= 15 is 0 Å². The van der Waals surface area contributed by atoms with Crippen LogP contribution in [0.5, 0.6) is 0 Å². The van der Waals surface area contributed by atoms with Gasteiger partial charge in [-0.25, -0.2) is 0 Å². The first-order chi connectivity index (χ1) is 3.84. The van der Waals surface area contributed by atoms with Gasteiger partial charge in [0, 0.05) is 6.04 Å². The lowest BCUT2D eigenvalue weighted by atomic mass is 9.45. The highest BCUT2D eigenvalue weighted by Crippen LogP contribution is 2.57. The van der Waals surface area contributed by atoms with E-state index in [9.17, 15) is 0 Å². The second-order valence-corrected chi connectivity index (χ2v) is 3.24. The molecule has 0 aromatic rings. The molecule has 0 radical (unpaired) electrons. The molecule has 0 spiro atoms. The lowest BCUT2D eigenvalue weighted by molar-refractivity contribution is -0.112. The fourth-order valence-electron chi connectivity index (χ4n) is 2.22. The quantitative estimate of drug-likeness (QED) is 0.529. The maximum atomic E-state index is 3.33. The monoisotopic (exact) mass is 111 g/mol. The van der Waals surface area contributed by atoms with Crippen molar-refractivity contribution in [3.05, 3.63) is 0 Å². The highest BCUT2D eigenvalue weighted by molar-refractivity contribution is 5.10. The van der Waals surface area contributed by atoms with Crippen molar-refractivity contribution in [3.63, 3.8) is 0 Å². The van der Waals surface area contributed by atoms with E-state index in [4.69, 9.17) is 0 Å². The zero-order chi connectivity index (χ0) is 5.72. The zero-order valence-corrected chi connectivity index (χ0v) is 5.52. The van der Waals surface area contributed by atoms with Crippen LogP contribution in [0, 0.1) is 17.8 Å². The Morgan fingerprint density at radius 1 is 1.38 bits per heavy atom. The standard InChI is InChI=1S/C7H13N/c1-4-5-3-6(4)7(5)8-2/h4-8H,3H2,1-2H3. The lowest BCUT2D eigenvalue weighted by Gasteiger charge is -2.63. The van der Waals surface area contributed by atoms with Crippen LogP contribution < -0.4 is 5.32 Å². The molecule has 3 fully saturated rings. The number of hydrogen-bond donors (Lipinski definition) is 1. The second kappa shape index (κ2) is 1.27. The number of rotatable bonds is 1. The Morgan fingerprint density at radius 3 is 2.12 bits per heavy atom. The van der Waals surface area contributed by atoms with Gasteiger partial charge in [0.1, 0.15) is 0 Å². The summed E-state index contributed by atoms with van der Waals surface area (Å²) in [6, 6.07) is 0.907. The Morgan fingerprint density at radius 2 is 2.00 bits per heavy atom. The van der Waals surface area contributed by atoms with Crippen molar-refractivity contribution in [2.75, 3.05) is 7.05 Å². The first-order valence-electron chi connectivity index (χ1n) is 3.52. The van der Waals surface area contributed by atoms with Gasteiger partial charge in [-0.15, -0.1) is 0 Å². The van der Waals surface area contributed by atoms with Crippen LogP contribution >= 0.6 is 0 Å². The minimum absolute atomic E-state index is 0.907. The van der Waals surface area contributed by atoms with Crippen molar-refractivity contribution in [1.29, 1.82) is 0 Å². The van der Waals surface area contributed by atoms with E-state index in [1.807, 2.05) is 0 Å². The predicted molar refractivity (Wildman–Crippen MR) is 33.6 cm³/mol. The first kappa shape index (κ1) is 4.80. The molecule has 1 heteroatoms. The maximum absolute atomic E-state index is 3.33. The van der Waals surface area contributed by atoms with Gasteiger partial charge in [-0.05, 0) is 31.2 Å². The highest BCUT2D eigenvalue weighted by atomic mass is 15.0. The molecule has 1 nitrogen and oxygen atoms in total. The molecule has 0 saturated heterocycles. The van der Waals surface area contributed by atoms with Gasteiger partial charge in [0.25, 0.3) is 0 Å².